The Bertz CT molecular complexity index is 2090. The summed E-state index contributed by atoms with van der Waals surface area (Å²) >= 11 is 0. The summed E-state index contributed by atoms with van der Waals surface area (Å²) in [4.78, 5) is 0. The molecule has 320 valence electrons. The summed E-state index contributed by atoms with van der Waals surface area (Å²) in [6, 6.07) is 33.9. The van der Waals surface area contributed by atoms with Crippen LogP contribution in [-0.2, 0) is 39.8 Å². The topological polar surface area (TPSA) is 55.4 Å². The lowest BCUT2D eigenvalue weighted by molar-refractivity contribution is -0.0673. The zero-order chi connectivity index (χ0) is 44.1. The van der Waals surface area contributed by atoms with E-state index in [-0.39, 0.29) is 10.8 Å². The van der Waals surface area contributed by atoms with Crippen LogP contribution in [-0.4, -0.2) is 26.4 Å². The van der Waals surface area contributed by atoms with E-state index in [2.05, 4.69) is 155 Å². The van der Waals surface area contributed by atoms with Gasteiger partial charge in [-0.2, -0.15) is 0 Å². The van der Waals surface area contributed by atoms with Crippen molar-refractivity contribution in [3.8, 4) is 11.5 Å². The molecule has 0 aromatic heterocycles. The van der Waals surface area contributed by atoms with Crippen LogP contribution >= 0.6 is 17.2 Å². The van der Waals surface area contributed by atoms with Crippen molar-refractivity contribution in [1.82, 2.24) is 0 Å². The molecule has 61 heavy (non-hydrogen) atoms. The van der Waals surface area contributed by atoms with Gasteiger partial charge >= 0.3 is 17.2 Å². The Morgan fingerprint density at radius 3 is 1.16 bits per heavy atom. The molecule has 0 unspecified atom stereocenters. The molecule has 2 aliphatic rings. The second-order valence-electron chi connectivity index (χ2n) is 18.0. The third kappa shape index (κ3) is 9.82. The van der Waals surface area contributed by atoms with Crippen LogP contribution < -0.4 is 9.05 Å². The van der Waals surface area contributed by atoms with E-state index in [1.807, 2.05) is 48.6 Å². The molecule has 0 N–H and O–H groups in total. The van der Waals surface area contributed by atoms with Gasteiger partial charge in [-0.15, -0.1) is 0 Å². The Morgan fingerprint density at radius 2 is 0.852 bits per heavy atom. The fraction of sp³-hybridized carbons (Fsp3) is 0.321. The molecule has 0 aliphatic carbocycles. The number of hydrogen-bond donors (Lipinski definition) is 0. The average Bonchev–Trinajstić information content (AvgIpc) is 3.26. The van der Waals surface area contributed by atoms with E-state index in [0.717, 1.165) is 22.3 Å². The maximum Gasteiger partial charge on any atom is 0.397 e. The predicted molar refractivity (Wildman–Crippen MR) is 254 cm³/mol. The minimum absolute atomic E-state index is 0.252. The number of allylic oxidation sites excluding steroid dienone is 8. The molecule has 2 fully saturated rings. The Hall–Kier alpha value is -4.38. The Labute approximate surface area is 367 Å². The SMILES string of the molecule is C=C/C=C(\C=C)C(C)(C)c1cc(C(C)(C)c2ccccc2)ccc1OP1OCC2(CO1)COP(Oc1ccc(C(C)(C)c3ccccc3)cc1C(C)(C)/C(C=C)=C/C=C)OC2. The Kier molecular flexibility index (Phi) is 14.3. The minimum Gasteiger partial charge on any atom is -0.426 e. The highest BCUT2D eigenvalue weighted by Gasteiger charge is 2.46. The molecule has 6 nitrogen and oxygen atoms in total. The molecular weight excluding hydrogens is 795 g/mol. The maximum atomic E-state index is 6.62. The van der Waals surface area contributed by atoms with Crippen molar-refractivity contribution in [3.05, 3.63) is 204 Å². The van der Waals surface area contributed by atoms with Crippen LogP contribution in [0.4, 0.5) is 0 Å². The van der Waals surface area contributed by atoms with Gasteiger partial charge in [-0.25, -0.2) is 0 Å². The van der Waals surface area contributed by atoms with Gasteiger partial charge in [0.25, 0.3) is 0 Å². The Morgan fingerprint density at radius 1 is 0.508 bits per heavy atom. The van der Waals surface area contributed by atoms with Crippen molar-refractivity contribution < 1.29 is 27.1 Å². The van der Waals surface area contributed by atoms with Gasteiger partial charge < -0.3 is 27.1 Å². The average molecular weight is 857 g/mol. The lowest BCUT2D eigenvalue weighted by atomic mass is 9.72. The lowest BCUT2D eigenvalue weighted by Crippen LogP contribution is -2.45. The molecule has 6 rings (SSSR count). The fourth-order valence-electron chi connectivity index (χ4n) is 7.99. The van der Waals surface area contributed by atoms with Crippen LogP contribution in [0.5, 0.6) is 11.5 Å². The molecule has 2 saturated heterocycles. The van der Waals surface area contributed by atoms with Gasteiger partial charge in [-0.1, -0.05) is 203 Å². The van der Waals surface area contributed by atoms with Crippen LogP contribution in [0.2, 0.25) is 0 Å². The highest BCUT2D eigenvalue weighted by molar-refractivity contribution is 7.42. The van der Waals surface area contributed by atoms with Crippen molar-refractivity contribution in [2.75, 3.05) is 26.4 Å². The monoisotopic (exact) mass is 856 g/mol. The molecule has 0 atom stereocenters. The summed E-state index contributed by atoms with van der Waals surface area (Å²) in [6.45, 7) is 35.2. The third-order valence-electron chi connectivity index (χ3n) is 12.5. The second kappa shape index (κ2) is 18.9. The first-order valence-electron chi connectivity index (χ1n) is 20.8. The summed E-state index contributed by atoms with van der Waals surface area (Å²) in [7, 11) is -3.42. The smallest absolute Gasteiger partial charge is 0.397 e. The van der Waals surface area contributed by atoms with Gasteiger partial charge in [0.2, 0.25) is 0 Å². The molecule has 2 heterocycles. The van der Waals surface area contributed by atoms with Crippen LogP contribution in [0.25, 0.3) is 0 Å². The third-order valence-corrected chi connectivity index (χ3v) is 14.5. The molecule has 8 heteroatoms. The standard InChI is InChI=1S/C53H62O6P2/c1-13-23-39(15-3)51(9,10)45-33-43(49(5,6)41-25-19-17-20-26-41)29-31-47(45)58-60-54-35-53(36-55-60)37-56-61(57-38-53)59-48-32-30-44(50(7,8)42-27-21-18-22-28-42)34-46(48)52(11,12)40(16-4)24-14-2/h13-34H,1-4,35-38H2,5-12H3/b39-23+,40-24+. The van der Waals surface area contributed by atoms with E-state index in [4.69, 9.17) is 27.1 Å². The zero-order valence-corrected chi connectivity index (χ0v) is 39.0. The van der Waals surface area contributed by atoms with Crippen molar-refractivity contribution in [2.45, 2.75) is 77.0 Å². The van der Waals surface area contributed by atoms with Crippen LogP contribution in [0.15, 0.2) is 171 Å². The first-order chi connectivity index (χ1) is 29.0. The van der Waals surface area contributed by atoms with Gasteiger partial charge in [-0.3, -0.25) is 0 Å². The van der Waals surface area contributed by atoms with Gasteiger partial charge in [0.05, 0.1) is 31.8 Å². The van der Waals surface area contributed by atoms with E-state index in [1.165, 1.54) is 22.3 Å². The van der Waals surface area contributed by atoms with E-state index < -0.39 is 33.4 Å². The molecule has 0 saturated carbocycles. The fourth-order valence-corrected chi connectivity index (χ4v) is 10.5. The first-order valence-corrected chi connectivity index (χ1v) is 23.0. The Balaban J connectivity index is 1.18. The largest absolute Gasteiger partial charge is 0.426 e. The van der Waals surface area contributed by atoms with Crippen molar-refractivity contribution in [2.24, 2.45) is 5.41 Å². The lowest BCUT2D eigenvalue weighted by Gasteiger charge is -2.42. The summed E-state index contributed by atoms with van der Waals surface area (Å²) < 4.78 is 38.7. The normalized spacial score (nSPS) is 20.5. The zero-order valence-electron chi connectivity index (χ0n) is 37.2. The summed E-state index contributed by atoms with van der Waals surface area (Å²) in [5.41, 5.74) is 6.89. The summed E-state index contributed by atoms with van der Waals surface area (Å²) in [5.74, 6) is 1.40. The van der Waals surface area contributed by atoms with Crippen molar-refractivity contribution >= 4 is 17.2 Å². The summed E-state index contributed by atoms with van der Waals surface area (Å²) in [5, 5.41) is 0. The predicted octanol–water partition coefficient (Wildman–Crippen LogP) is 14.5. The van der Waals surface area contributed by atoms with E-state index in [0.29, 0.717) is 37.9 Å². The second-order valence-corrected chi connectivity index (χ2v) is 20.3. The maximum absolute atomic E-state index is 6.62. The highest BCUT2D eigenvalue weighted by Crippen LogP contribution is 2.55. The minimum atomic E-state index is -1.71. The molecule has 1 spiro atoms. The molecule has 0 radical (unpaired) electrons. The molecule has 4 aromatic rings. The van der Waals surface area contributed by atoms with Crippen LogP contribution in [0, 0.1) is 5.41 Å². The van der Waals surface area contributed by atoms with E-state index in [1.54, 1.807) is 12.2 Å². The van der Waals surface area contributed by atoms with Gasteiger partial charge in [0, 0.05) is 32.8 Å². The van der Waals surface area contributed by atoms with Gasteiger partial charge in [0.15, 0.2) is 0 Å². The van der Waals surface area contributed by atoms with Gasteiger partial charge in [0.1, 0.15) is 11.5 Å². The van der Waals surface area contributed by atoms with Crippen LogP contribution in [0.1, 0.15) is 88.8 Å². The highest BCUT2D eigenvalue weighted by atomic mass is 31.2. The van der Waals surface area contributed by atoms with Gasteiger partial charge in [-0.05, 0) is 45.5 Å². The van der Waals surface area contributed by atoms with E-state index in [9.17, 15) is 0 Å². The van der Waals surface area contributed by atoms with Crippen molar-refractivity contribution in [1.29, 1.82) is 0 Å². The van der Waals surface area contributed by atoms with Crippen molar-refractivity contribution in [3.63, 3.8) is 0 Å². The molecule has 0 amide bonds. The summed E-state index contributed by atoms with van der Waals surface area (Å²) in [6.07, 6.45) is 11.3. The molecule has 2 aliphatic heterocycles. The number of hydrogen-bond acceptors (Lipinski definition) is 6. The number of benzene rings is 4. The molecule has 4 aromatic carbocycles. The molecular formula is C53H62O6P2. The quantitative estimate of drug-likeness (QED) is 0.0826. The van der Waals surface area contributed by atoms with Crippen LogP contribution in [0.3, 0.4) is 0 Å². The van der Waals surface area contributed by atoms with E-state index >= 15 is 0 Å². The molecule has 0 bridgehead atoms. The first kappa shape index (κ1) is 46.1. The number of rotatable bonds is 16.